The predicted molar refractivity (Wildman–Crippen MR) is 103 cm³/mol. The summed E-state index contributed by atoms with van der Waals surface area (Å²) >= 11 is 12.6. The number of nitrogens with zero attached hydrogens (tertiary/aromatic N) is 3. The second-order valence-electron chi connectivity index (χ2n) is 6.43. The zero-order valence-electron chi connectivity index (χ0n) is 14.7. The normalized spacial score (nSPS) is 14.4. The number of hydrogen-bond acceptors (Lipinski definition) is 4. The van der Waals surface area contributed by atoms with Crippen LogP contribution < -0.4 is 10.6 Å². The Balaban J connectivity index is 1.87. The summed E-state index contributed by atoms with van der Waals surface area (Å²) in [5.41, 5.74) is 1.74. The van der Waals surface area contributed by atoms with Gasteiger partial charge in [0.25, 0.3) is 5.91 Å². The molecule has 0 aliphatic carbocycles. The molecule has 0 saturated heterocycles. The first-order valence-electron chi connectivity index (χ1n) is 8.55. The second-order valence-corrected chi connectivity index (χ2v) is 7.24. The average molecular weight is 394 g/mol. The number of amides is 1. The van der Waals surface area contributed by atoms with Crippen molar-refractivity contribution in [2.75, 3.05) is 19.6 Å². The van der Waals surface area contributed by atoms with Crippen molar-refractivity contribution in [3.8, 4) is 5.69 Å². The summed E-state index contributed by atoms with van der Waals surface area (Å²) in [6.45, 7) is 6.22. The van der Waals surface area contributed by atoms with Gasteiger partial charge in [-0.15, -0.1) is 5.10 Å². The van der Waals surface area contributed by atoms with E-state index in [2.05, 4.69) is 26.8 Å². The molecule has 2 heterocycles. The monoisotopic (exact) mass is 393 g/mol. The Hall–Kier alpha value is -1.89. The van der Waals surface area contributed by atoms with Crippen LogP contribution in [-0.4, -0.2) is 40.3 Å². The number of benzene rings is 1. The van der Waals surface area contributed by atoms with Crippen LogP contribution in [0.15, 0.2) is 29.8 Å². The highest BCUT2D eigenvalue weighted by Crippen LogP contribution is 2.30. The highest BCUT2D eigenvalue weighted by molar-refractivity contribution is 6.37. The molecule has 0 radical (unpaired) electrons. The summed E-state index contributed by atoms with van der Waals surface area (Å²) in [6.07, 6.45) is 3.02. The maximum atomic E-state index is 12.5. The molecule has 0 fully saturated rings. The molecule has 2 N–H and O–H groups in total. The van der Waals surface area contributed by atoms with E-state index in [9.17, 15) is 4.79 Å². The molecule has 8 heteroatoms. The molecule has 6 nitrogen and oxygen atoms in total. The lowest BCUT2D eigenvalue weighted by Gasteiger charge is -2.13. The zero-order valence-corrected chi connectivity index (χ0v) is 16.2. The highest BCUT2D eigenvalue weighted by atomic mass is 35.5. The summed E-state index contributed by atoms with van der Waals surface area (Å²) in [6, 6.07) is 5.23. The van der Waals surface area contributed by atoms with E-state index in [-0.39, 0.29) is 17.6 Å². The van der Waals surface area contributed by atoms with Crippen LogP contribution in [-0.2, 0) is 0 Å². The third kappa shape index (κ3) is 4.09. The fraction of sp³-hybridized carbons (Fsp3) is 0.389. The minimum atomic E-state index is -0.312. The maximum absolute atomic E-state index is 12.5. The van der Waals surface area contributed by atoms with E-state index >= 15 is 0 Å². The van der Waals surface area contributed by atoms with Crippen LogP contribution in [0.4, 0.5) is 0 Å². The van der Waals surface area contributed by atoms with Gasteiger partial charge in [0, 0.05) is 19.0 Å². The molecule has 1 aromatic carbocycles. The van der Waals surface area contributed by atoms with Gasteiger partial charge in [-0.25, -0.2) is 9.67 Å². The Morgan fingerprint density at radius 1 is 1.35 bits per heavy atom. The summed E-state index contributed by atoms with van der Waals surface area (Å²) < 4.78 is 1.56. The van der Waals surface area contributed by atoms with E-state index in [1.54, 1.807) is 22.9 Å². The number of hydrogen-bond donors (Lipinski definition) is 2. The number of carbonyl (C=O) groups is 1. The summed E-state index contributed by atoms with van der Waals surface area (Å²) in [4.78, 5) is 16.9. The van der Waals surface area contributed by atoms with Crippen molar-refractivity contribution in [1.29, 1.82) is 0 Å². The molecular weight excluding hydrogens is 373 g/mol. The largest absolute Gasteiger partial charge is 0.346 e. The van der Waals surface area contributed by atoms with Crippen LogP contribution in [0.5, 0.6) is 0 Å². The first-order valence-corrected chi connectivity index (χ1v) is 9.31. The molecule has 0 atom stereocenters. The molecule has 2 aromatic rings. The van der Waals surface area contributed by atoms with Crippen molar-refractivity contribution in [1.82, 2.24) is 25.4 Å². The molecule has 1 aliphatic rings. The molecule has 1 amide bonds. The number of carbonyl (C=O) groups excluding carboxylic acids is 1. The first-order chi connectivity index (χ1) is 12.5. The van der Waals surface area contributed by atoms with Crippen LogP contribution in [0.25, 0.3) is 5.69 Å². The predicted octanol–water partition coefficient (Wildman–Crippen LogP) is 3.35. The Morgan fingerprint density at radius 2 is 2.08 bits per heavy atom. The standard InChI is InChI=1S/C18H21Cl2N5O/c1-11(2)17-23-16(18(26)22-10-12-6-8-21-9-7-12)24-25(17)15-13(19)4-3-5-14(15)20/h3-6,11,21H,7-10H2,1-2H3,(H,22,26). The highest BCUT2D eigenvalue weighted by Gasteiger charge is 2.22. The summed E-state index contributed by atoms with van der Waals surface area (Å²) in [7, 11) is 0. The van der Waals surface area contributed by atoms with E-state index in [0.717, 1.165) is 19.5 Å². The SMILES string of the molecule is CC(C)c1nc(C(=O)NCC2=CCNCC2)nn1-c1c(Cl)cccc1Cl. The lowest BCUT2D eigenvalue weighted by Crippen LogP contribution is -2.30. The minimum Gasteiger partial charge on any atom is -0.346 e. The molecule has 0 saturated carbocycles. The van der Waals surface area contributed by atoms with Crippen LogP contribution in [0.1, 0.15) is 42.6 Å². The van der Waals surface area contributed by atoms with Crippen LogP contribution >= 0.6 is 23.2 Å². The molecule has 0 bridgehead atoms. The molecule has 1 aromatic heterocycles. The van der Waals surface area contributed by atoms with Crippen molar-refractivity contribution in [3.63, 3.8) is 0 Å². The second kappa shape index (κ2) is 8.20. The van der Waals surface area contributed by atoms with Crippen molar-refractivity contribution in [2.24, 2.45) is 0 Å². The molecule has 0 unspecified atom stereocenters. The summed E-state index contributed by atoms with van der Waals surface area (Å²) in [5.74, 6) is 0.474. The fourth-order valence-electron chi connectivity index (χ4n) is 2.75. The third-order valence-electron chi connectivity index (χ3n) is 4.13. The van der Waals surface area contributed by atoms with E-state index in [0.29, 0.717) is 28.1 Å². The quantitative estimate of drug-likeness (QED) is 0.763. The van der Waals surface area contributed by atoms with Crippen molar-refractivity contribution < 1.29 is 4.79 Å². The average Bonchev–Trinajstić information content (AvgIpc) is 3.06. The van der Waals surface area contributed by atoms with E-state index < -0.39 is 0 Å². The number of para-hydroxylation sites is 1. The van der Waals surface area contributed by atoms with Gasteiger partial charge in [-0.2, -0.15) is 0 Å². The lowest BCUT2D eigenvalue weighted by molar-refractivity contribution is 0.0946. The smallest absolute Gasteiger partial charge is 0.291 e. The fourth-order valence-corrected chi connectivity index (χ4v) is 3.31. The topological polar surface area (TPSA) is 71.8 Å². The van der Waals surface area contributed by atoms with Gasteiger partial charge >= 0.3 is 0 Å². The van der Waals surface area contributed by atoms with Gasteiger partial charge in [0.1, 0.15) is 11.5 Å². The van der Waals surface area contributed by atoms with Gasteiger partial charge in [-0.1, -0.05) is 54.8 Å². The van der Waals surface area contributed by atoms with Gasteiger partial charge in [-0.3, -0.25) is 4.79 Å². The van der Waals surface area contributed by atoms with Crippen molar-refractivity contribution in [2.45, 2.75) is 26.2 Å². The number of rotatable bonds is 5. The Labute approximate surface area is 162 Å². The molecule has 26 heavy (non-hydrogen) atoms. The maximum Gasteiger partial charge on any atom is 0.291 e. The third-order valence-corrected chi connectivity index (χ3v) is 4.74. The van der Waals surface area contributed by atoms with E-state index in [1.807, 2.05) is 13.8 Å². The number of halogens is 2. The van der Waals surface area contributed by atoms with Crippen molar-refractivity contribution >= 4 is 29.1 Å². The Kier molecular flexibility index (Phi) is 5.96. The van der Waals surface area contributed by atoms with Crippen molar-refractivity contribution in [3.05, 3.63) is 51.5 Å². The lowest BCUT2D eigenvalue weighted by atomic mass is 10.1. The van der Waals surface area contributed by atoms with E-state index in [4.69, 9.17) is 23.2 Å². The molecule has 3 rings (SSSR count). The van der Waals surface area contributed by atoms with Gasteiger partial charge in [0.2, 0.25) is 5.82 Å². The van der Waals surface area contributed by atoms with Gasteiger partial charge < -0.3 is 10.6 Å². The molecule has 0 spiro atoms. The van der Waals surface area contributed by atoms with Gasteiger partial charge in [0.15, 0.2) is 0 Å². The first kappa shape index (κ1) is 18.9. The molecular formula is C18H21Cl2N5O. The molecule has 1 aliphatic heterocycles. The summed E-state index contributed by atoms with van der Waals surface area (Å²) in [5, 5.41) is 11.4. The van der Waals surface area contributed by atoms with Crippen LogP contribution in [0.3, 0.4) is 0 Å². The Morgan fingerprint density at radius 3 is 2.69 bits per heavy atom. The molecule has 138 valence electrons. The van der Waals surface area contributed by atoms with Gasteiger partial charge in [-0.05, 0) is 25.1 Å². The zero-order chi connectivity index (χ0) is 18.7. The Bertz CT molecular complexity index is 824. The number of aromatic nitrogens is 3. The van der Waals surface area contributed by atoms with Gasteiger partial charge in [0.05, 0.1) is 10.0 Å². The van der Waals surface area contributed by atoms with E-state index in [1.165, 1.54) is 5.57 Å². The number of nitrogens with one attached hydrogen (secondary N) is 2. The van der Waals surface area contributed by atoms with Crippen LogP contribution in [0, 0.1) is 0 Å². The minimum absolute atomic E-state index is 0.0449. The van der Waals surface area contributed by atoms with Crippen LogP contribution in [0.2, 0.25) is 10.0 Å².